The Balaban J connectivity index is 1.68. The van der Waals surface area contributed by atoms with E-state index in [9.17, 15) is 18.0 Å². The van der Waals surface area contributed by atoms with Gasteiger partial charge in [0.05, 0.1) is 23.8 Å². The Morgan fingerprint density at radius 3 is 2.76 bits per heavy atom. The number of nitrogens with zero attached hydrogens (tertiary/aromatic N) is 2. The zero-order chi connectivity index (χ0) is 18.2. The standard InChI is InChI=1S/C16H18ClN3O4S/c1-10-14(15(21)18-12-6-7-25(23,24)9-12)16(22)20(19-10)8-11-4-2-3-5-13(11)17/h2-5,12,14H,6-9H2,1H3,(H,18,21)/t12-,14-/m0/s1. The van der Waals surface area contributed by atoms with Gasteiger partial charge in [0.1, 0.15) is 0 Å². The molecule has 1 aromatic carbocycles. The average Bonchev–Trinajstić information content (AvgIpc) is 3.00. The molecule has 1 aromatic rings. The Bertz CT molecular complexity index is 853. The number of hydrazone groups is 1. The predicted molar refractivity (Wildman–Crippen MR) is 93.8 cm³/mol. The van der Waals surface area contributed by atoms with Crippen LogP contribution >= 0.6 is 11.6 Å². The highest BCUT2D eigenvalue weighted by molar-refractivity contribution is 7.91. The summed E-state index contributed by atoms with van der Waals surface area (Å²) >= 11 is 6.10. The Hall–Kier alpha value is -1.93. The van der Waals surface area contributed by atoms with Crippen LogP contribution in [0.4, 0.5) is 0 Å². The summed E-state index contributed by atoms with van der Waals surface area (Å²) in [6, 6.07) is 6.66. The second-order valence-electron chi connectivity index (χ2n) is 6.27. The molecule has 134 valence electrons. The third-order valence-corrected chi connectivity index (χ3v) is 6.45. The molecule has 2 aliphatic rings. The van der Waals surface area contributed by atoms with Crippen molar-refractivity contribution in [3.8, 4) is 0 Å². The molecule has 2 atom stereocenters. The molecule has 3 rings (SSSR count). The molecule has 0 aromatic heterocycles. The molecule has 1 saturated heterocycles. The van der Waals surface area contributed by atoms with Crippen molar-refractivity contribution in [3.05, 3.63) is 34.9 Å². The molecule has 1 N–H and O–H groups in total. The molecule has 2 heterocycles. The van der Waals surface area contributed by atoms with E-state index in [0.717, 1.165) is 5.56 Å². The van der Waals surface area contributed by atoms with Gasteiger partial charge >= 0.3 is 0 Å². The van der Waals surface area contributed by atoms with Gasteiger partial charge in [-0.05, 0) is 25.0 Å². The maximum absolute atomic E-state index is 12.6. The highest BCUT2D eigenvalue weighted by atomic mass is 35.5. The number of hydrogen-bond donors (Lipinski definition) is 1. The van der Waals surface area contributed by atoms with E-state index in [2.05, 4.69) is 10.4 Å². The van der Waals surface area contributed by atoms with Gasteiger partial charge in [0.25, 0.3) is 5.91 Å². The summed E-state index contributed by atoms with van der Waals surface area (Å²) in [6.45, 7) is 1.79. The van der Waals surface area contributed by atoms with Gasteiger partial charge in [-0.15, -0.1) is 0 Å². The van der Waals surface area contributed by atoms with Crippen molar-refractivity contribution in [1.29, 1.82) is 0 Å². The number of halogens is 1. The molecule has 2 amide bonds. The predicted octanol–water partition coefficient (Wildman–Crippen LogP) is 0.978. The summed E-state index contributed by atoms with van der Waals surface area (Å²) in [7, 11) is -3.10. The summed E-state index contributed by atoms with van der Waals surface area (Å²) in [6.07, 6.45) is 0.370. The lowest BCUT2D eigenvalue weighted by Crippen LogP contribution is -2.44. The van der Waals surface area contributed by atoms with Crippen molar-refractivity contribution in [2.24, 2.45) is 11.0 Å². The van der Waals surface area contributed by atoms with Crippen molar-refractivity contribution in [1.82, 2.24) is 10.3 Å². The Labute approximate surface area is 150 Å². The van der Waals surface area contributed by atoms with Crippen molar-refractivity contribution in [3.63, 3.8) is 0 Å². The van der Waals surface area contributed by atoms with Gasteiger partial charge in [-0.1, -0.05) is 29.8 Å². The van der Waals surface area contributed by atoms with Gasteiger partial charge in [-0.2, -0.15) is 5.10 Å². The van der Waals surface area contributed by atoms with E-state index < -0.39 is 33.6 Å². The first kappa shape index (κ1) is 17.9. The lowest BCUT2D eigenvalue weighted by Gasteiger charge is -2.17. The minimum Gasteiger partial charge on any atom is -0.351 e. The molecule has 25 heavy (non-hydrogen) atoms. The molecule has 1 fully saturated rings. The lowest BCUT2D eigenvalue weighted by molar-refractivity contribution is -0.138. The first-order valence-electron chi connectivity index (χ1n) is 7.87. The number of hydrogen-bond acceptors (Lipinski definition) is 5. The zero-order valence-electron chi connectivity index (χ0n) is 13.6. The highest BCUT2D eigenvalue weighted by Crippen LogP contribution is 2.23. The van der Waals surface area contributed by atoms with Crippen LogP contribution < -0.4 is 5.32 Å². The van der Waals surface area contributed by atoms with Crippen molar-refractivity contribution < 1.29 is 18.0 Å². The summed E-state index contributed by atoms with van der Waals surface area (Å²) in [5.74, 6) is -1.99. The van der Waals surface area contributed by atoms with Gasteiger partial charge in [0.15, 0.2) is 15.8 Å². The molecule has 0 spiro atoms. The van der Waals surface area contributed by atoms with Crippen LogP contribution in [0.15, 0.2) is 29.4 Å². The first-order valence-corrected chi connectivity index (χ1v) is 10.1. The van der Waals surface area contributed by atoms with E-state index in [0.29, 0.717) is 17.2 Å². The van der Waals surface area contributed by atoms with Crippen LogP contribution in [0, 0.1) is 5.92 Å². The molecular weight excluding hydrogens is 366 g/mol. The van der Waals surface area contributed by atoms with Crippen molar-refractivity contribution in [2.45, 2.75) is 25.9 Å². The maximum Gasteiger partial charge on any atom is 0.261 e. The maximum atomic E-state index is 12.6. The minimum absolute atomic E-state index is 0.0578. The van der Waals surface area contributed by atoms with E-state index in [1.54, 1.807) is 25.1 Å². The van der Waals surface area contributed by atoms with Gasteiger partial charge in [-0.3, -0.25) is 9.59 Å². The number of amides is 2. The Morgan fingerprint density at radius 2 is 2.12 bits per heavy atom. The van der Waals surface area contributed by atoms with Gasteiger partial charge in [-0.25, -0.2) is 13.4 Å². The fourth-order valence-corrected chi connectivity index (χ4v) is 4.89. The molecule has 9 heteroatoms. The first-order chi connectivity index (χ1) is 11.8. The molecule has 0 aliphatic carbocycles. The largest absolute Gasteiger partial charge is 0.351 e. The smallest absolute Gasteiger partial charge is 0.261 e. The molecular formula is C16H18ClN3O4S. The zero-order valence-corrected chi connectivity index (χ0v) is 15.2. The van der Waals surface area contributed by atoms with Crippen molar-refractivity contribution >= 4 is 39.0 Å². The number of sulfone groups is 1. The summed E-state index contributed by atoms with van der Waals surface area (Å²) in [5, 5.41) is 8.58. The third-order valence-electron chi connectivity index (χ3n) is 4.32. The number of nitrogens with one attached hydrogen (secondary N) is 1. The van der Waals surface area contributed by atoms with E-state index in [1.807, 2.05) is 6.07 Å². The molecule has 7 nitrogen and oxygen atoms in total. The van der Waals surface area contributed by atoms with E-state index >= 15 is 0 Å². The Morgan fingerprint density at radius 1 is 1.40 bits per heavy atom. The minimum atomic E-state index is -3.10. The van der Waals surface area contributed by atoms with E-state index in [4.69, 9.17) is 11.6 Å². The van der Waals surface area contributed by atoms with Crippen LogP contribution in [0.3, 0.4) is 0 Å². The second kappa shape index (κ2) is 6.76. The average molecular weight is 384 g/mol. The fourth-order valence-electron chi connectivity index (χ4n) is 3.02. The number of rotatable bonds is 4. The fraction of sp³-hybridized carbons (Fsp3) is 0.438. The number of carbonyl (C=O) groups excluding carboxylic acids is 2. The highest BCUT2D eigenvalue weighted by Gasteiger charge is 2.40. The molecule has 0 radical (unpaired) electrons. The monoisotopic (exact) mass is 383 g/mol. The SMILES string of the molecule is CC1=NN(Cc2ccccc2Cl)C(=O)[C@@H]1C(=O)N[C@H]1CCS(=O)(=O)C1. The van der Waals surface area contributed by atoms with Gasteiger partial charge < -0.3 is 5.32 Å². The molecule has 0 unspecified atom stereocenters. The molecule has 0 saturated carbocycles. The quantitative estimate of drug-likeness (QED) is 0.784. The molecule has 2 aliphatic heterocycles. The summed E-state index contributed by atoms with van der Waals surface area (Å²) in [4.78, 5) is 25.0. The van der Waals surface area contributed by atoms with Crippen molar-refractivity contribution in [2.75, 3.05) is 11.5 Å². The normalized spacial score (nSPS) is 25.1. The summed E-state index contributed by atoms with van der Waals surface area (Å²) in [5.41, 5.74) is 1.12. The lowest BCUT2D eigenvalue weighted by atomic mass is 10.0. The van der Waals surface area contributed by atoms with Crippen LogP contribution in [0.2, 0.25) is 5.02 Å². The number of benzene rings is 1. The van der Waals surface area contributed by atoms with Crippen LogP contribution in [0.5, 0.6) is 0 Å². The van der Waals surface area contributed by atoms with Gasteiger partial charge in [0.2, 0.25) is 5.91 Å². The van der Waals surface area contributed by atoms with Crippen LogP contribution in [0.1, 0.15) is 18.9 Å². The topological polar surface area (TPSA) is 95.9 Å². The summed E-state index contributed by atoms with van der Waals surface area (Å²) < 4.78 is 23.0. The van der Waals surface area contributed by atoms with E-state index in [-0.39, 0.29) is 18.1 Å². The van der Waals surface area contributed by atoms with Gasteiger partial charge in [0, 0.05) is 11.1 Å². The van der Waals surface area contributed by atoms with Crippen LogP contribution in [-0.4, -0.2) is 48.5 Å². The van der Waals surface area contributed by atoms with Crippen LogP contribution in [-0.2, 0) is 26.0 Å². The number of carbonyl (C=O) groups is 2. The third kappa shape index (κ3) is 3.85. The Kier molecular flexibility index (Phi) is 4.83. The molecule has 0 bridgehead atoms. The second-order valence-corrected chi connectivity index (χ2v) is 8.91. The van der Waals surface area contributed by atoms with Crippen LogP contribution in [0.25, 0.3) is 0 Å². The van der Waals surface area contributed by atoms with E-state index in [1.165, 1.54) is 5.01 Å².